The summed E-state index contributed by atoms with van der Waals surface area (Å²) in [6.45, 7) is 0.256. The molecule has 4 aromatic rings. The van der Waals surface area contributed by atoms with Gasteiger partial charge in [0, 0.05) is 26.9 Å². The highest BCUT2D eigenvalue weighted by Gasteiger charge is 2.18. The molecule has 0 saturated carbocycles. The van der Waals surface area contributed by atoms with E-state index in [0.717, 1.165) is 5.56 Å². The maximum Gasteiger partial charge on any atom is 0.295 e. The van der Waals surface area contributed by atoms with E-state index in [9.17, 15) is 19.8 Å². The number of rotatable bonds is 4. The van der Waals surface area contributed by atoms with E-state index < -0.39 is 11.8 Å². The number of carbonyl (C=O) groups excluding carboxylic acids is 2. The first-order valence-electron chi connectivity index (χ1n) is 9.28. The molecule has 1 aromatic heterocycles. The first-order chi connectivity index (χ1) is 14.9. The van der Waals surface area contributed by atoms with Crippen LogP contribution in [0.15, 0.2) is 83.0 Å². The monoisotopic (exact) mass is 433 g/mol. The SMILES string of the molecule is O=C(N=NC(=O)c1ccc2c(O)n(Cc3ccccc3)c(O)c2c1)c1ccc(Cl)cc1. The first-order valence-corrected chi connectivity index (χ1v) is 9.66. The Kier molecular flexibility index (Phi) is 5.51. The summed E-state index contributed by atoms with van der Waals surface area (Å²) in [5, 5.41) is 29.2. The number of aromatic nitrogens is 1. The van der Waals surface area contributed by atoms with Gasteiger partial charge in [-0.2, -0.15) is 0 Å². The van der Waals surface area contributed by atoms with Crippen LogP contribution in [0, 0.1) is 0 Å². The second kappa shape index (κ2) is 8.41. The van der Waals surface area contributed by atoms with Gasteiger partial charge in [0.15, 0.2) is 0 Å². The van der Waals surface area contributed by atoms with E-state index in [1.807, 2.05) is 30.3 Å². The molecule has 0 fully saturated rings. The standard InChI is InChI=1S/C23H16ClN3O4/c24-17-9-6-15(7-10-17)20(28)25-26-21(29)16-8-11-18-19(12-16)23(31)27(22(18)30)13-14-4-2-1-3-5-14/h1-12,30-31H,13H2. The Morgan fingerprint density at radius 2 is 1.35 bits per heavy atom. The predicted molar refractivity (Wildman–Crippen MR) is 116 cm³/mol. The van der Waals surface area contributed by atoms with Gasteiger partial charge >= 0.3 is 0 Å². The van der Waals surface area contributed by atoms with Crippen LogP contribution < -0.4 is 0 Å². The minimum atomic E-state index is -0.751. The lowest BCUT2D eigenvalue weighted by molar-refractivity contribution is 0.0947. The average Bonchev–Trinajstić information content (AvgIpc) is 3.02. The zero-order valence-corrected chi connectivity index (χ0v) is 16.8. The average molecular weight is 434 g/mol. The van der Waals surface area contributed by atoms with E-state index in [1.165, 1.54) is 47.0 Å². The third-order valence-corrected chi connectivity index (χ3v) is 5.02. The number of halogens is 1. The number of benzene rings is 3. The van der Waals surface area contributed by atoms with Crippen LogP contribution in [0.2, 0.25) is 5.02 Å². The Bertz CT molecular complexity index is 1310. The largest absolute Gasteiger partial charge is 0.494 e. The quantitative estimate of drug-likeness (QED) is 0.432. The van der Waals surface area contributed by atoms with Gasteiger partial charge in [0.25, 0.3) is 11.8 Å². The zero-order valence-electron chi connectivity index (χ0n) is 16.1. The summed E-state index contributed by atoms with van der Waals surface area (Å²) < 4.78 is 1.35. The molecule has 0 aliphatic heterocycles. The van der Waals surface area contributed by atoms with Crippen molar-refractivity contribution in [3.8, 4) is 11.8 Å². The van der Waals surface area contributed by atoms with Crippen molar-refractivity contribution >= 4 is 34.2 Å². The van der Waals surface area contributed by atoms with Crippen LogP contribution in [-0.2, 0) is 6.54 Å². The van der Waals surface area contributed by atoms with Crippen LogP contribution in [0.5, 0.6) is 11.8 Å². The summed E-state index contributed by atoms with van der Waals surface area (Å²) in [6, 6.07) is 19.7. The van der Waals surface area contributed by atoms with E-state index in [0.29, 0.717) is 15.8 Å². The number of fused-ring (bicyclic) bond motifs is 1. The number of hydrogen-bond acceptors (Lipinski definition) is 4. The number of nitrogens with zero attached hydrogens (tertiary/aromatic N) is 3. The molecule has 3 aromatic carbocycles. The molecular weight excluding hydrogens is 418 g/mol. The molecule has 2 amide bonds. The Labute approximate surface area is 181 Å². The molecule has 2 N–H and O–H groups in total. The molecule has 0 bridgehead atoms. The van der Waals surface area contributed by atoms with Gasteiger partial charge in [-0.05, 0) is 48.0 Å². The van der Waals surface area contributed by atoms with Crippen molar-refractivity contribution in [2.24, 2.45) is 10.2 Å². The van der Waals surface area contributed by atoms with Crippen LogP contribution in [0.4, 0.5) is 0 Å². The highest BCUT2D eigenvalue weighted by atomic mass is 35.5. The molecule has 0 radical (unpaired) electrons. The Morgan fingerprint density at radius 1 is 0.774 bits per heavy atom. The molecule has 0 aliphatic carbocycles. The third-order valence-electron chi connectivity index (χ3n) is 4.77. The fourth-order valence-electron chi connectivity index (χ4n) is 3.16. The highest BCUT2D eigenvalue weighted by Crippen LogP contribution is 2.37. The Morgan fingerprint density at radius 3 is 2.03 bits per heavy atom. The smallest absolute Gasteiger partial charge is 0.295 e. The molecule has 7 nitrogen and oxygen atoms in total. The summed E-state index contributed by atoms with van der Waals surface area (Å²) in [5.74, 6) is -1.73. The lowest BCUT2D eigenvalue weighted by Gasteiger charge is -2.06. The van der Waals surface area contributed by atoms with Crippen molar-refractivity contribution in [3.05, 3.63) is 94.5 Å². The van der Waals surface area contributed by atoms with E-state index in [4.69, 9.17) is 11.6 Å². The van der Waals surface area contributed by atoms with Crippen LogP contribution in [0.3, 0.4) is 0 Å². The molecule has 4 rings (SSSR count). The van der Waals surface area contributed by atoms with Crippen LogP contribution in [0.1, 0.15) is 26.3 Å². The van der Waals surface area contributed by atoms with Gasteiger partial charge in [-0.25, -0.2) is 0 Å². The van der Waals surface area contributed by atoms with E-state index in [-0.39, 0.29) is 29.4 Å². The van der Waals surface area contributed by atoms with E-state index >= 15 is 0 Å². The molecule has 8 heteroatoms. The fraction of sp³-hybridized carbons (Fsp3) is 0.0435. The Hall–Kier alpha value is -3.97. The minimum Gasteiger partial charge on any atom is -0.494 e. The summed E-state index contributed by atoms with van der Waals surface area (Å²) in [5.41, 5.74) is 1.25. The van der Waals surface area contributed by atoms with Gasteiger partial charge in [0.05, 0.1) is 6.54 Å². The Balaban J connectivity index is 1.60. The lowest BCUT2D eigenvalue weighted by atomic mass is 10.1. The molecule has 0 atom stereocenters. The van der Waals surface area contributed by atoms with Crippen LogP contribution in [0.25, 0.3) is 10.8 Å². The molecule has 0 unspecified atom stereocenters. The fourth-order valence-corrected chi connectivity index (χ4v) is 3.29. The van der Waals surface area contributed by atoms with Crippen molar-refractivity contribution in [2.45, 2.75) is 6.54 Å². The summed E-state index contributed by atoms with van der Waals surface area (Å²) in [7, 11) is 0. The molecular formula is C23H16ClN3O4. The van der Waals surface area contributed by atoms with Gasteiger partial charge in [-0.15, -0.1) is 10.2 Å². The molecule has 31 heavy (non-hydrogen) atoms. The first kappa shape index (κ1) is 20.3. The maximum absolute atomic E-state index is 12.4. The second-order valence-corrected chi connectivity index (χ2v) is 7.23. The highest BCUT2D eigenvalue weighted by molar-refractivity contribution is 6.30. The number of azo groups is 1. The number of hydrogen-bond donors (Lipinski definition) is 2. The summed E-state index contributed by atoms with van der Waals surface area (Å²) >= 11 is 5.78. The second-order valence-electron chi connectivity index (χ2n) is 6.80. The van der Waals surface area contributed by atoms with Gasteiger partial charge in [0.2, 0.25) is 11.8 Å². The van der Waals surface area contributed by atoms with Gasteiger partial charge < -0.3 is 10.2 Å². The van der Waals surface area contributed by atoms with Crippen molar-refractivity contribution < 1.29 is 19.8 Å². The molecule has 154 valence electrons. The third kappa shape index (κ3) is 4.17. The molecule has 1 heterocycles. The van der Waals surface area contributed by atoms with Crippen LogP contribution in [-0.4, -0.2) is 26.6 Å². The lowest BCUT2D eigenvalue weighted by Crippen LogP contribution is -1.98. The van der Waals surface area contributed by atoms with E-state index in [1.54, 1.807) is 0 Å². The minimum absolute atomic E-state index is 0.116. The van der Waals surface area contributed by atoms with Crippen molar-refractivity contribution in [3.63, 3.8) is 0 Å². The normalized spacial score (nSPS) is 11.3. The zero-order chi connectivity index (χ0) is 22.0. The van der Waals surface area contributed by atoms with Crippen molar-refractivity contribution in [2.75, 3.05) is 0 Å². The molecule has 0 saturated heterocycles. The predicted octanol–water partition coefficient (Wildman–Crippen LogP) is 5.19. The van der Waals surface area contributed by atoms with Crippen molar-refractivity contribution in [1.29, 1.82) is 0 Å². The summed E-state index contributed by atoms with van der Waals surface area (Å²) in [4.78, 5) is 24.4. The number of aromatic hydroxyl groups is 2. The maximum atomic E-state index is 12.4. The van der Waals surface area contributed by atoms with Gasteiger partial charge in [-0.1, -0.05) is 41.9 Å². The number of carbonyl (C=O) groups is 2. The number of amides is 2. The van der Waals surface area contributed by atoms with E-state index in [2.05, 4.69) is 10.2 Å². The van der Waals surface area contributed by atoms with Gasteiger partial charge in [0.1, 0.15) is 0 Å². The summed E-state index contributed by atoms with van der Waals surface area (Å²) in [6.07, 6.45) is 0. The topological polar surface area (TPSA) is 104 Å². The van der Waals surface area contributed by atoms with Gasteiger partial charge in [-0.3, -0.25) is 14.2 Å². The van der Waals surface area contributed by atoms with Crippen LogP contribution >= 0.6 is 11.6 Å². The van der Waals surface area contributed by atoms with Crippen molar-refractivity contribution in [1.82, 2.24) is 4.57 Å². The molecule has 0 spiro atoms. The molecule has 0 aliphatic rings.